The van der Waals surface area contributed by atoms with Gasteiger partial charge in [0.2, 0.25) is 0 Å². The monoisotopic (exact) mass is 292 g/mol. The van der Waals surface area contributed by atoms with E-state index in [1.165, 1.54) is 18.2 Å². The third kappa shape index (κ3) is 4.55. The quantitative estimate of drug-likeness (QED) is 0.839. The summed E-state index contributed by atoms with van der Waals surface area (Å²) in [5.74, 6) is 4.77. The molecule has 21 heavy (non-hydrogen) atoms. The molecular formula is C16H21FN2O2. The van der Waals surface area contributed by atoms with Crippen LogP contribution in [0.4, 0.5) is 4.39 Å². The van der Waals surface area contributed by atoms with Crippen LogP contribution in [-0.4, -0.2) is 43.7 Å². The molecule has 0 bridgehead atoms. The van der Waals surface area contributed by atoms with Crippen LogP contribution < -0.4 is 5.73 Å². The van der Waals surface area contributed by atoms with Gasteiger partial charge in [-0.25, -0.2) is 4.39 Å². The third-order valence-corrected chi connectivity index (χ3v) is 3.08. The number of carbonyl (C=O) groups is 1. The normalized spacial score (nSPS) is 11.5. The van der Waals surface area contributed by atoms with Gasteiger partial charge in [-0.15, -0.1) is 0 Å². The van der Waals surface area contributed by atoms with Gasteiger partial charge in [-0.1, -0.05) is 11.8 Å². The molecule has 0 aliphatic heterocycles. The molecule has 0 aliphatic rings. The second-order valence-corrected chi connectivity index (χ2v) is 4.59. The molecule has 114 valence electrons. The van der Waals surface area contributed by atoms with Crippen LogP contribution in [0, 0.1) is 17.7 Å². The average molecular weight is 292 g/mol. The molecule has 1 amide bonds. The summed E-state index contributed by atoms with van der Waals surface area (Å²) in [5, 5.41) is 0. The first-order valence-electron chi connectivity index (χ1n) is 6.83. The molecular weight excluding hydrogens is 271 g/mol. The molecule has 0 saturated heterocycles. The zero-order chi connectivity index (χ0) is 15.8. The number of methoxy groups -OCH3 is 1. The predicted molar refractivity (Wildman–Crippen MR) is 80.4 cm³/mol. The second kappa shape index (κ2) is 8.40. The number of amides is 1. The maximum atomic E-state index is 13.5. The lowest BCUT2D eigenvalue weighted by molar-refractivity contribution is 0.0578. The topological polar surface area (TPSA) is 55.6 Å². The van der Waals surface area contributed by atoms with Crippen molar-refractivity contribution in [3.8, 4) is 11.8 Å². The summed E-state index contributed by atoms with van der Waals surface area (Å²) in [4.78, 5) is 14.3. The zero-order valence-electron chi connectivity index (χ0n) is 12.6. The van der Waals surface area contributed by atoms with E-state index in [4.69, 9.17) is 10.5 Å². The molecule has 5 heteroatoms. The molecule has 1 aromatic carbocycles. The highest BCUT2D eigenvalue weighted by Gasteiger charge is 2.22. The SMILES string of the molecule is CCN(C(=O)c1cc(F)ccc1C#CCN)C(C)COC. The van der Waals surface area contributed by atoms with Crippen molar-refractivity contribution in [1.82, 2.24) is 4.90 Å². The number of nitrogens with two attached hydrogens (primary N) is 1. The molecule has 1 atom stereocenters. The Morgan fingerprint density at radius 2 is 2.24 bits per heavy atom. The molecule has 4 nitrogen and oxygen atoms in total. The van der Waals surface area contributed by atoms with Crippen LogP contribution in [0.15, 0.2) is 18.2 Å². The Hall–Kier alpha value is -1.90. The zero-order valence-corrected chi connectivity index (χ0v) is 12.6. The van der Waals surface area contributed by atoms with Crippen LogP contribution in [0.3, 0.4) is 0 Å². The number of hydrogen-bond donors (Lipinski definition) is 1. The van der Waals surface area contributed by atoms with Crippen LogP contribution in [0.1, 0.15) is 29.8 Å². The highest BCUT2D eigenvalue weighted by atomic mass is 19.1. The minimum absolute atomic E-state index is 0.105. The van der Waals surface area contributed by atoms with Gasteiger partial charge >= 0.3 is 0 Å². The molecule has 1 rings (SSSR count). The Bertz CT molecular complexity index is 549. The van der Waals surface area contributed by atoms with E-state index in [9.17, 15) is 9.18 Å². The largest absolute Gasteiger partial charge is 0.383 e. The fraction of sp³-hybridized carbons (Fsp3) is 0.438. The number of nitrogens with zero attached hydrogens (tertiary/aromatic N) is 1. The van der Waals surface area contributed by atoms with E-state index >= 15 is 0 Å². The summed E-state index contributed by atoms with van der Waals surface area (Å²) in [6.45, 7) is 4.86. The first-order chi connectivity index (χ1) is 10.0. The van der Waals surface area contributed by atoms with Crippen molar-refractivity contribution in [2.45, 2.75) is 19.9 Å². The molecule has 0 saturated carbocycles. The molecule has 0 radical (unpaired) electrons. The number of likely N-dealkylation sites (N-methyl/N-ethyl adjacent to an activating group) is 1. The summed E-state index contributed by atoms with van der Waals surface area (Å²) in [6.07, 6.45) is 0. The van der Waals surface area contributed by atoms with Crippen molar-refractivity contribution in [1.29, 1.82) is 0 Å². The van der Waals surface area contributed by atoms with E-state index in [0.717, 1.165) is 0 Å². The first kappa shape index (κ1) is 17.2. The van der Waals surface area contributed by atoms with Crippen LogP contribution in [-0.2, 0) is 4.74 Å². The van der Waals surface area contributed by atoms with Gasteiger partial charge in [0.15, 0.2) is 0 Å². The van der Waals surface area contributed by atoms with E-state index < -0.39 is 5.82 Å². The summed E-state index contributed by atoms with van der Waals surface area (Å²) in [5.41, 5.74) is 6.08. The maximum absolute atomic E-state index is 13.5. The smallest absolute Gasteiger partial charge is 0.255 e. The summed E-state index contributed by atoms with van der Waals surface area (Å²) in [7, 11) is 1.58. The number of rotatable bonds is 5. The Balaban J connectivity index is 3.17. The van der Waals surface area contributed by atoms with E-state index in [0.29, 0.717) is 18.7 Å². The van der Waals surface area contributed by atoms with Gasteiger partial charge in [-0.3, -0.25) is 4.79 Å². The fourth-order valence-corrected chi connectivity index (χ4v) is 2.09. The van der Waals surface area contributed by atoms with Crippen molar-refractivity contribution in [3.05, 3.63) is 35.1 Å². The number of benzene rings is 1. The number of hydrogen-bond acceptors (Lipinski definition) is 3. The molecule has 1 unspecified atom stereocenters. The number of carbonyl (C=O) groups excluding carboxylic acids is 1. The van der Waals surface area contributed by atoms with Crippen LogP contribution in [0.5, 0.6) is 0 Å². The van der Waals surface area contributed by atoms with Gasteiger partial charge in [0.25, 0.3) is 5.91 Å². The Labute approximate surface area is 125 Å². The van der Waals surface area contributed by atoms with Gasteiger partial charge in [0.1, 0.15) is 5.82 Å². The van der Waals surface area contributed by atoms with E-state index in [-0.39, 0.29) is 24.1 Å². The van der Waals surface area contributed by atoms with Gasteiger partial charge in [-0.05, 0) is 32.0 Å². The van der Waals surface area contributed by atoms with Gasteiger partial charge in [0.05, 0.1) is 24.8 Å². The summed E-state index contributed by atoms with van der Waals surface area (Å²) < 4.78 is 18.6. The molecule has 0 aliphatic carbocycles. The fourth-order valence-electron chi connectivity index (χ4n) is 2.09. The Kier molecular flexibility index (Phi) is 6.86. The lowest BCUT2D eigenvalue weighted by atomic mass is 10.1. The van der Waals surface area contributed by atoms with Gasteiger partial charge < -0.3 is 15.4 Å². The highest BCUT2D eigenvalue weighted by Crippen LogP contribution is 2.15. The van der Waals surface area contributed by atoms with E-state index in [1.54, 1.807) is 12.0 Å². The molecule has 0 aromatic heterocycles. The van der Waals surface area contributed by atoms with Crippen molar-refractivity contribution < 1.29 is 13.9 Å². The van der Waals surface area contributed by atoms with Crippen molar-refractivity contribution in [2.24, 2.45) is 5.73 Å². The van der Waals surface area contributed by atoms with Crippen molar-refractivity contribution in [2.75, 3.05) is 26.8 Å². The lowest BCUT2D eigenvalue weighted by Gasteiger charge is -2.28. The Morgan fingerprint density at radius 1 is 1.52 bits per heavy atom. The number of halogens is 1. The second-order valence-electron chi connectivity index (χ2n) is 4.59. The highest BCUT2D eigenvalue weighted by molar-refractivity contribution is 5.97. The van der Waals surface area contributed by atoms with Gasteiger partial charge in [0, 0.05) is 19.2 Å². The number of ether oxygens (including phenoxy) is 1. The minimum atomic E-state index is -0.466. The van der Waals surface area contributed by atoms with Crippen molar-refractivity contribution in [3.63, 3.8) is 0 Å². The molecule has 2 N–H and O–H groups in total. The first-order valence-corrected chi connectivity index (χ1v) is 6.83. The molecule has 0 fully saturated rings. The lowest BCUT2D eigenvalue weighted by Crippen LogP contribution is -2.41. The minimum Gasteiger partial charge on any atom is -0.383 e. The molecule has 0 spiro atoms. The average Bonchev–Trinajstić information content (AvgIpc) is 2.46. The van der Waals surface area contributed by atoms with Crippen LogP contribution in [0.25, 0.3) is 0 Å². The standard InChI is InChI=1S/C16H21FN2O2/c1-4-19(12(2)11-21-3)16(20)15-10-14(17)8-7-13(15)6-5-9-18/h7-8,10,12H,4,9,11,18H2,1-3H3. The predicted octanol–water partition coefficient (Wildman–Crippen LogP) is 1.63. The third-order valence-electron chi connectivity index (χ3n) is 3.08. The van der Waals surface area contributed by atoms with Gasteiger partial charge in [-0.2, -0.15) is 0 Å². The van der Waals surface area contributed by atoms with E-state index in [2.05, 4.69) is 11.8 Å². The van der Waals surface area contributed by atoms with Crippen molar-refractivity contribution >= 4 is 5.91 Å². The Morgan fingerprint density at radius 3 is 2.81 bits per heavy atom. The molecule has 0 heterocycles. The summed E-state index contributed by atoms with van der Waals surface area (Å²) in [6, 6.07) is 3.89. The van der Waals surface area contributed by atoms with Crippen LogP contribution in [0.2, 0.25) is 0 Å². The molecule has 1 aromatic rings. The maximum Gasteiger partial charge on any atom is 0.255 e. The summed E-state index contributed by atoms with van der Waals surface area (Å²) >= 11 is 0. The van der Waals surface area contributed by atoms with Crippen LogP contribution >= 0.6 is 0 Å². The van der Waals surface area contributed by atoms with E-state index in [1.807, 2.05) is 13.8 Å².